The summed E-state index contributed by atoms with van der Waals surface area (Å²) in [4.78, 5) is 3.77. The number of pyridine rings is 1. The van der Waals surface area contributed by atoms with E-state index in [0.717, 1.165) is 11.3 Å². The van der Waals surface area contributed by atoms with E-state index in [0.29, 0.717) is 11.4 Å². The fourth-order valence-corrected chi connectivity index (χ4v) is 3.80. The van der Waals surface area contributed by atoms with E-state index in [9.17, 15) is 8.42 Å². The predicted octanol–water partition coefficient (Wildman–Crippen LogP) is 2.61. The van der Waals surface area contributed by atoms with Crippen LogP contribution in [0.2, 0.25) is 5.15 Å². The number of methoxy groups -OCH3 is 1. The molecule has 2 rings (SSSR count). The van der Waals surface area contributed by atoms with E-state index in [1.54, 1.807) is 11.4 Å². The van der Waals surface area contributed by atoms with Crippen molar-refractivity contribution in [3.63, 3.8) is 0 Å². The maximum absolute atomic E-state index is 12.1. The first kappa shape index (κ1) is 13.1. The van der Waals surface area contributed by atoms with E-state index in [-0.39, 0.29) is 9.36 Å². The van der Waals surface area contributed by atoms with Gasteiger partial charge in [-0.05, 0) is 23.6 Å². The summed E-state index contributed by atoms with van der Waals surface area (Å²) in [5.41, 5.74) is 0.352. The standard InChI is InChI=1S/C10H9ClN2O3S2/c1-16-8-3-5-17-10(8)18(14,15)13-7-2-4-12-9(11)6-7/h2-6H,1H3,(H,12,13). The van der Waals surface area contributed by atoms with Gasteiger partial charge in [0, 0.05) is 6.20 Å². The minimum Gasteiger partial charge on any atom is -0.494 e. The molecule has 2 heterocycles. The molecule has 0 saturated heterocycles. The van der Waals surface area contributed by atoms with Gasteiger partial charge in [-0.15, -0.1) is 11.3 Å². The maximum atomic E-state index is 12.1. The molecule has 0 spiro atoms. The van der Waals surface area contributed by atoms with E-state index in [1.165, 1.54) is 25.4 Å². The number of ether oxygens (including phenoxy) is 1. The van der Waals surface area contributed by atoms with Crippen molar-refractivity contribution in [3.8, 4) is 5.75 Å². The molecule has 2 aromatic heterocycles. The molecule has 0 fully saturated rings. The molecular weight excluding hydrogens is 296 g/mol. The zero-order valence-corrected chi connectivity index (χ0v) is 11.6. The minimum atomic E-state index is -3.67. The van der Waals surface area contributed by atoms with E-state index in [1.807, 2.05) is 0 Å². The quantitative estimate of drug-likeness (QED) is 0.882. The fraction of sp³-hybridized carbons (Fsp3) is 0.100. The van der Waals surface area contributed by atoms with Crippen molar-refractivity contribution in [1.29, 1.82) is 0 Å². The molecule has 0 amide bonds. The summed E-state index contributed by atoms with van der Waals surface area (Å²) >= 11 is 6.77. The highest BCUT2D eigenvalue weighted by Crippen LogP contribution is 2.31. The van der Waals surface area contributed by atoms with Crippen molar-refractivity contribution in [1.82, 2.24) is 4.98 Å². The Bertz CT molecular complexity index is 655. The number of hydrogen-bond acceptors (Lipinski definition) is 5. The van der Waals surface area contributed by atoms with Crippen molar-refractivity contribution in [3.05, 3.63) is 34.9 Å². The second-order valence-corrected chi connectivity index (χ2v) is 6.43. The summed E-state index contributed by atoms with van der Waals surface area (Å²) in [6, 6.07) is 4.54. The van der Waals surface area contributed by atoms with Crippen LogP contribution in [0.3, 0.4) is 0 Å². The monoisotopic (exact) mass is 304 g/mol. The summed E-state index contributed by atoms with van der Waals surface area (Å²) in [5, 5.41) is 1.86. The van der Waals surface area contributed by atoms with Gasteiger partial charge in [0.25, 0.3) is 10.0 Å². The van der Waals surface area contributed by atoms with Crippen LogP contribution in [0.15, 0.2) is 34.0 Å². The Morgan fingerprint density at radius 3 is 2.89 bits per heavy atom. The van der Waals surface area contributed by atoms with Crippen molar-refractivity contribution < 1.29 is 13.2 Å². The van der Waals surface area contributed by atoms with Crippen LogP contribution in [0, 0.1) is 0 Å². The molecule has 8 heteroatoms. The molecule has 1 N–H and O–H groups in total. The largest absolute Gasteiger partial charge is 0.494 e. The highest BCUT2D eigenvalue weighted by Gasteiger charge is 2.21. The maximum Gasteiger partial charge on any atom is 0.275 e. The second kappa shape index (κ2) is 5.13. The predicted molar refractivity (Wildman–Crippen MR) is 70.9 cm³/mol. The molecule has 18 heavy (non-hydrogen) atoms. The average molecular weight is 305 g/mol. The van der Waals surface area contributed by atoms with Crippen LogP contribution >= 0.6 is 22.9 Å². The lowest BCUT2D eigenvalue weighted by molar-refractivity contribution is 0.406. The van der Waals surface area contributed by atoms with Crippen LogP contribution in [-0.4, -0.2) is 20.5 Å². The highest BCUT2D eigenvalue weighted by molar-refractivity contribution is 7.94. The van der Waals surface area contributed by atoms with Crippen molar-refractivity contribution in [2.24, 2.45) is 0 Å². The average Bonchev–Trinajstić information content (AvgIpc) is 2.77. The third kappa shape index (κ3) is 2.74. The number of halogens is 1. The molecule has 0 aliphatic rings. The number of thiophene rings is 1. The van der Waals surface area contributed by atoms with Gasteiger partial charge in [0.15, 0.2) is 4.21 Å². The number of aromatic nitrogens is 1. The molecule has 5 nitrogen and oxygen atoms in total. The van der Waals surface area contributed by atoms with Gasteiger partial charge in [0.05, 0.1) is 12.8 Å². The molecule has 2 aromatic rings. The molecule has 96 valence electrons. The van der Waals surface area contributed by atoms with Crippen LogP contribution in [0.5, 0.6) is 5.75 Å². The normalized spacial score (nSPS) is 11.2. The van der Waals surface area contributed by atoms with Gasteiger partial charge in [-0.3, -0.25) is 4.72 Å². The number of anilines is 1. The van der Waals surface area contributed by atoms with Gasteiger partial charge < -0.3 is 4.74 Å². The Labute approximate surface area is 113 Å². The Morgan fingerprint density at radius 2 is 2.22 bits per heavy atom. The zero-order valence-electron chi connectivity index (χ0n) is 9.25. The fourth-order valence-electron chi connectivity index (χ4n) is 1.30. The minimum absolute atomic E-state index is 0.123. The Morgan fingerprint density at radius 1 is 1.44 bits per heavy atom. The van der Waals surface area contributed by atoms with Crippen molar-refractivity contribution in [2.45, 2.75) is 4.21 Å². The SMILES string of the molecule is COc1ccsc1S(=O)(=O)Nc1ccnc(Cl)c1. The van der Waals surface area contributed by atoms with E-state index in [4.69, 9.17) is 16.3 Å². The number of rotatable bonds is 4. The van der Waals surface area contributed by atoms with E-state index >= 15 is 0 Å². The Balaban J connectivity index is 2.33. The lowest BCUT2D eigenvalue weighted by Crippen LogP contribution is -2.12. The second-order valence-electron chi connectivity index (χ2n) is 3.25. The smallest absolute Gasteiger partial charge is 0.275 e. The zero-order chi connectivity index (χ0) is 13.2. The molecule has 0 radical (unpaired) electrons. The number of hydrogen-bond donors (Lipinski definition) is 1. The number of nitrogens with one attached hydrogen (secondary N) is 1. The molecule has 0 bridgehead atoms. The number of nitrogens with zero attached hydrogens (tertiary/aromatic N) is 1. The van der Waals surface area contributed by atoms with Gasteiger partial charge in [-0.1, -0.05) is 11.6 Å². The summed E-state index contributed by atoms with van der Waals surface area (Å²) in [6.07, 6.45) is 1.42. The Hall–Kier alpha value is -1.31. The van der Waals surface area contributed by atoms with Crippen LogP contribution in [0.1, 0.15) is 0 Å². The third-order valence-electron chi connectivity index (χ3n) is 2.04. The van der Waals surface area contributed by atoms with Crippen LogP contribution < -0.4 is 9.46 Å². The first-order valence-electron chi connectivity index (χ1n) is 4.79. The molecule has 0 aliphatic carbocycles. The molecule has 0 unspecified atom stereocenters. The van der Waals surface area contributed by atoms with Gasteiger partial charge in [0.1, 0.15) is 10.9 Å². The molecular formula is C10H9ClN2O3S2. The molecule has 0 aliphatic heterocycles. The van der Waals surface area contributed by atoms with Crippen molar-refractivity contribution >= 4 is 38.6 Å². The van der Waals surface area contributed by atoms with Crippen LogP contribution in [0.25, 0.3) is 0 Å². The lowest BCUT2D eigenvalue weighted by atomic mass is 10.4. The van der Waals surface area contributed by atoms with Crippen molar-refractivity contribution in [2.75, 3.05) is 11.8 Å². The Kier molecular flexibility index (Phi) is 3.74. The van der Waals surface area contributed by atoms with Crippen LogP contribution in [0.4, 0.5) is 5.69 Å². The van der Waals surface area contributed by atoms with E-state index in [2.05, 4.69) is 9.71 Å². The summed E-state index contributed by atoms with van der Waals surface area (Å²) in [7, 11) is -2.25. The van der Waals surface area contributed by atoms with E-state index < -0.39 is 10.0 Å². The lowest BCUT2D eigenvalue weighted by Gasteiger charge is -2.07. The van der Waals surface area contributed by atoms with Gasteiger partial charge in [0.2, 0.25) is 0 Å². The van der Waals surface area contributed by atoms with Gasteiger partial charge >= 0.3 is 0 Å². The molecule has 0 saturated carbocycles. The highest BCUT2D eigenvalue weighted by atomic mass is 35.5. The van der Waals surface area contributed by atoms with Crippen LogP contribution in [-0.2, 0) is 10.0 Å². The van der Waals surface area contributed by atoms with Gasteiger partial charge in [-0.25, -0.2) is 13.4 Å². The van der Waals surface area contributed by atoms with Gasteiger partial charge in [-0.2, -0.15) is 0 Å². The molecule has 0 aromatic carbocycles. The molecule has 0 atom stereocenters. The summed E-state index contributed by atoms with van der Waals surface area (Å²) in [5.74, 6) is 0.313. The first-order chi connectivity index (χ1) is 8.53. The third-order valence-corrected chi connectivity index (χ3v) is 5.07. The first-order valence-corrected chi connectivity index (χ1v) is 7.53. The topological polar surface area (TPSA) is 68.3 Å². The summed E-state index contributed by atoms with van der Waals surface area (Å²) < 4.78 is 31.7. The summed E-state index contributed by atoms with van der Waals surface area (Å²) in [6.45, 7) is 0. The number of sulfonamides is 1.